The number of aryl methyl sites for hydroxylation is 1. The lowest BCUT2D eigenvalue weighted by Gasteiger charge is -2.20. The third kappa shape index (κ3) is 3.59. The van der Waals surface area contributed by atoms with Crippen molar-refractivity contribution in [1.82, 2.24) is 20.1 Å². The Hall–Kier alpha value is -2.46. The Bertz CT molecular complexity index is 692. The van der Waals surface area contributed by atoms with Gasteiger partial charge in [0, 0.05) is 6.54 Å². The Labute approximate surface area is 130 Å². The van der Waals surface area contributed by atoms with Crippen molar-refractivity contribution in [1.29, 1.82) is 0 Å². The maximum atomic E-state index is 4.22. The van der Waals surface area contributed by atoms with Crippen molar-refractivity contribution in [3.05, 3.63) is 83.9 Å². The minimum Gasteiger partial charge on any atom is -0.304 e. The first kappa shape index (κ1) is 14.5. The molecule has 4 nitrogen and oxygen atoms in total. The fourth-order valence-electron chi connectivity index (χ4n) is 2.53. The van der Waals surface area contributed by atoms with Gasteiger partial charge in [0.15, 0.2) is 0 Å². The molecule has 22 heavy (non-hydrogen) atoms. The molecule has 0 fully saturated rings. The average molecular weight is 292 g/mol. The lowest BCUT2D eigenvalue weighted by molar-refractivity contribution is 0.436. The third-order valence-corrected chi connectivity index (χ3v) is 3.84. The molecule has 0 saturated carbocycles. The van der Waals surface area contributed by atoms with Crippen molar-refractivity contribution < 1.29 is 0 Å². The van der Waals surface area contributed by atoms with Crippen molar-refractivity contribution in [3.63, 3.8) is 0 Å². The predicted octanol–water partition coefficient (Wildman–Crippen LogP) is 3.12. The molecule has 0 unspecified atom stereocenters. The Morgan fingerprint density at radius 1 is 1.05 bits per heavy atom. The first-order chi connectivity index (χ1) is 10.8. The number of hydrogen-bond donors (Lipinski definition) is 1. The van der Waals surface area contributed by atoms with E-state index in [1.165, 1.54) is 16.7 Å². The summed E-state index contributed by atoms with van der Waals surface area (Å²) in [6, 6.07) is 19.1. The molecular formula is C18H20N4. The van der Waals surface area contributed by atoms with Gasteiger partial charge in [-0.25, -0.2) is 4.98 Å². The molecule has 112 valence electrons. The van der Waals surface area contributed by atoms with Crippen LogP contribution in [-0.2, 0) is 13.1 Å². The van der Waals surface area contributed by atoms with Crippen molar-refractivity contribution in [3.8, 4) is 0 Å². The number of aromatic nitrogens is 3. The van der Waals surface area contributed by atoms with Gasteiger partial charge in [-0.3, -0.25) is 4.68 Å². The van der Waals surface area contributed by atoms with Crippen molar-refractivity contribution >= 4 is 0 Å². The molecule has 1 heterocycles. The number of nitrogens with one attached hydrogen (secondary N) is 1. The quantitative estimate of drug-likeness (QED) is 0.759. The minimum absolute atomic E-state index is 0.197. The molecule has 0 saturated heterocycles. The standard InChI is InChI=1S/C18H20N4/c1-15-7-5-6-10-17(15)11-20-18(12-22-14-19-13-21-22)16-8-3-2-4-9-16/h2-10,13-14,18,20H,11-12H2,1H3/t18-/m1/s1. The highest BCUT2D eigenvalue weighted by Crippen LogP contribution is 2.16. The molecule has 3 aromatic rings. The highest BCUT2D eigenvalue weighted by molar-refractivity contribution is 5.26. The largest absolute Gasteiger partial charge is 0.304 e. The summed E-state index contributed by atoms with van der Waals surface area (Å²) in [5, 5.41) is 7.86. The van der Waals surface area contributed by atoms with Crippen LogP contribution >= 0.6 is 0 Å². The van der Waals surface area contributed by atoms with Crippen LogP contribution in [0.1, 0.15) is 22.7 Å². The number of benzene rings is 2. The summed E-state index contributed by atoms with van der Waals surface area (Å²) < 4.78 is 1.86. The number of hydrogen-bond acceptors (Lipinski definition) is 3. The summed E-state index contributed by atoms with van der Waals surface area (Å²) in [6.07, 6.45) is 3.33. The van der Waals surface area contributed by atoms with Crippen LogP contribution in [0.15, 0.2) is 67.3 Å². The Morgan fingerprint density at radius 2 is 1.82 bits per heavy atom. The van der Waals surface area contributed by atoms with Crippen molar-refractivity contribution in [2.45, 2.75) is 26.1 Å². The van der Waals surface area contributed by atoms with E-state index in [0.29, 0.717) is 0 Å². The van der Waals surface area contributed by atoms with Gasteiger partial charge in [0.1, 0.15) is 12.7 Å². The Morgan fingerprint density at radius 3 is 2.55 bits per heavy atom. The first-order valence-corrected chi connectivity index (χ1v) is 7.48. The summed E-state index contributed by atoms with van der Waals surface area (Å²) in [6.45, 7) is 3.74. The highest BCUT2D eigenvalue weighted by Gasteiger charge is 2.12. The van der Waals surface area contributed by atoms with E-state index in [4.69, 9.17) is 0 Å². The molecule has 0 amide bonds. The second-order valence-electron chi connectivity index (χ2n) is 5.39. The van der Waals surface area contributed by atoms with Crippen LogP contribution in [0.2, 0.25) is 0 Å². The summed E-state index contributed by atoms with van der Waals surface area (Å²) >= 11 is 0. The lowest BCUT2D eigenvalue weighted by atomic mass is 10.1. The molecule has 2 aromatic carbocycles. The summed E-state index contributed by atoms with van der Waals surface area (Å²) in [7, 11) is 0. The lowest BCUT2D eigenvalue weighted by Crippen LogP contribution is -2.25. The molecule has 1 N–H and O–H groups in total. The smallest absolute Gasteiger partial charge is 0.137 e. The van der Waals surface area contributed by atoms with E-state index < -0.39 is 0 Å². The second kappa shape index (κ2) is 7.00. The summed E-state index contributed by atoms with van der Waals surface area (Å²) in [5.74, 6) is 0. The fourth-order valence-corrected chi connectivity index (χ4v) is 2.53. The van der Waals surface area contributed by atoms with E-state index in [1.54, 1.807) is 12.7 Å². The molecule has 0 aliphatic rings. The first-order valence-electron chi connectivity index (χ1n) is 7.48. The molecule has 0 aliphatic heterocycles. The van der Waals surface area contributed by atoms with Crippen molar-refractivity contribution in [2.24, 2.45) is 0 Å². The molecule has 0 spiro atoms. The maximum Gasteiger partial charge on any atom is 0.137 e. The zero-order chi connectivity index (χ0) is 15.2. The zero-order valence-electron chi connectivity index (χ0n) is 12.7. The molecular weight excluding hydrogens is 272 g/mol. The van der Waals surface area contributed by atoms with E-state index >= 15 is 0 Å². The second-order valence-corrected chi connectivity index (χ2v) is 5.39. The predicted molar refractivity (Wildman–Crippen MR) is 87.2 cm³/mol. The van der Waals surface area contributed by atoms with Crippen LogP contribution < -0.4 is 5.32 Å². The van der Waals surface area contributed by atoms with Gasteiger partial charge in [-0.2, -0.15) is 5.10 Å². The minimum atomic E-state index is 0.197. The molecule has 0 aliphatic carbocycles. The van der Waals surface area contributed by atoms with Gasteiger partial charge >= 0.3 is 0 Å². The number of rotatable bonds is 6. The average Bonchev–Trinajstić information content (AvgIpc) is 3.07. The Kier molecular flexibility index (Phi) is 4.61. The summed E-state index contributed by atoms with van der Waals surface area (Å²) in [5.41, 5.74) is 3.89. The van der Waals surface area contributed by atoms with Gasteiger partial charge in [-0.1, -0.05) is 54.6 Å². The van der Waals surface area contributed by atoms with Gasteiger partial charge in [-0.15, -0.1) is 0 Å². The van der Waals surface area contributed by atoms with Crippen LogP contribution in [0.3, 0.4) is 0 Å². The van der Waals surface area contributed by atoms with E-state index in [-0.39, 0.29) is 6.04 Å². The SMILES string of the molecule is Cc1ccccc1CN[C@H](Cn1cncn1)c1ccccc1. The molecule has 1 aromatic heterocycles. The van der Waals surface area contributed by atoms with E-state index in [9.17, 15) is 0 Å². The highest BCUT2D eigenvalue weighted by atomic mass is 15.3. The van der Waals surface area contributed by atoms with Gasteiger partial charge in [0.25, 0.3) is 0 Å². The number of nitrogens with zero attached hydrogens (tertiary/aromatic N) is 3. The van der Waals surface area contributed by atoms with Crippen LogP contribution in [0.5, 0.6) is 0 Å². The molecule has 0 radical (unpaired) electrons. The molecule has 3 rings (SSSR count). The van der Waals surface area contributed by atoms with Crippen LogP contribution in [0.4, 0.5) is 0 Å². The van der Waals surface area contributed by atoms with Crippen molar-refractivity contribution in [2.75, 3.05) is 0 Å². The van der Waals surface area contributed by atoms with Crippen LogP contribution in [0.25, 0.3) is 0 Å². The van der Waals surface area contributed by atoms with Gasteiger partial charge in [0.2, 0.25) is 0 Å². The van der Waals surface area contributed by atoms with E-state index in [2.05, 4.69) is 70.9 Å². The normalized spacial score (nSPS) is 12.2. The van der Waals surface area contributed by atoms with Gasteiger partial charge in [-0.05, 0) is 23.6 Å². The topological polar surface area (TPSA) is 42.7 Å². The maximum absolute atomic E-state index is 4.22. The third-order valence-electron chi connectivity index (χ3n) is 3.84. The molecule has 4 heteroatoms. The monoisotopic (exact) mass is 292 g/mol. The van der Waals surface area contributed by atoms with Gasteiger partial charge < -0.3 is 5.32 Å². The molecule has 1 atom stereocenters. The Balaban J connectivity index is 1.75. The summed E-state index contributed by atoms with van der Waals surface area (Å²) in [4.78, 5) is 4.03. The zero-order valence-corrected chi connectivity index (χ0v) is 12.7. The van der Waals surface area contributed by atoms with Gasteiger partial charge in [0.05, 0.1) is 12.6 Å². The van der Waals surface area contributed by atoms with E-state index in [0.717, 1.165) is 13.1 Å². The van der Waals surface area contributed by atoms with Crippen LogP contribution in [0, 0.1) is 6.92 Å². The molecule has 0 bridgehead atoms. The fraction of sp³-hybridized carbons (Fsp3) is 0.222. The van der Waals surface area contributed by atoms with E-state index in [1.807, 2.05) is 10.7 Å². The van der Waals surface area contributed by atoms with Crippen LogP contribution in [-0.4, -0.2) is 14.8 Å².